The van der Waals surface area contributed by atoms with Gasteiger partial charge in [0.05, 0.1) is 30.2 Å². The highest BCUT2D eigenvalue weighted by atomic mass is 16.7. The number of carbonyl (C=O) groups excluding carboxylic acids is 3. The molecule has 3 amide bonds. The summed E-state index contributed by atoms with van der Waals surface area (Å²) in [5.74, 6) is -2.01. The zero-order valence-electron chi connectivity index (χ0n) is 21.7. The summed E-state index contributed by atoms with van der Waals surface area (Å²) >= 11 is 0. The minimum Gasteiger partial charge on any atom is -0.390 e. The van der Waals surface area contributed by atoms with Gasteiger partial charge in [-0.3, -0.25) is 19.2 Å². The number of aliphatic hydroxyl groups is 1. The van der Waals surface area contributed by atoms with E-state index in [1.807, 2.05) is 48.5 Å². The molecule has 1 heterocycles. The van der Waals surface area contributed by atoms with E-state index in [1.165, 1.54) is 0 Å². The first-order chi connectivity index (χ1) is 18.9. The fraction of sp³-hybridized carbons (Fsp3) is 0.379. The van der Waals surface area contributed by atoms with Gasteiger partial charge in [-0.25, -0.2) is 4.98 Å². The first-order valence-electron chi connectivity index (χ1n) is 13.2. The molecule has 2 aromatic carbocycles. The van der Waals surface area contributed by atoms with Gasteiger partial charge in [-0.2, -0.15) is 5.48 Å². The fourth-order valence-electron chi connectivity index (χ4n) is 4.67. The Bertz CT molecular complexity index is 1270. The Morgan fingerprint density at radius 2 is 1.69 bits per heavy atom. The number of benzene rings is 2. The quantitative estimate of drug-likeness (QED) is 0.210. The van der Waals surface area contributed by atoms with E-state index in [0.717, 1.165) is 36.6 Å². The molecule has 3 aromatic rings. The second-order valence-corrected chi connectivity index (χ2v) is 9.83. The van der Waals surface area contributed by atoms with Gasteiger partial charge < -0.3 is 21.5 Å². The van der Waals surface area contributed by atoms with Crippen LogP contribution in [0.15, 0.2) is 66.7 Å². The molecule has 3 atom stereocenters. The summed E-state index contributed by atoms with van der Waals surface area (Å²) in [5, 5.41) is 17.2. The number of nitrogens with zero attached hydrogens (tertiary/aromatic N) is 1. The molecule has 0 aliphatic heterocycles. The molecule has 1 aromatic heterocycles. The van der Waals surface area contributed by atoms with Crippen LogP contribution < -0.4 is 21.8 Å². The lowest BCUT2D eigenvalue weighted by Gasteiger charge is -2.27. The highest BCUT2D eigenvalue weighted by molar-refractivity contribution is 5.99. The van der Waals surface area contributed by atoms with Crippen LogP contribution in [0.1, 0.15) is 48.2 Å². The lowest BCUT2D eigenvalue weighted by molar-refractivity contribution is -0.128. The van der Waals surface area contributed by atoms with Crippen molar-refractivity contribution in [1.82, 2.24) is 21.1 Å². The third kappa shape index (κ3) is 8.31. The van der Waals surface area contributed by atoms with Gasteiger partial charge in [-0.15, -0.1) is 0 Å². The Morgan fingerprint density at radius 1 is 0.974 bits per heavy atom. The van der Waals surface area contributed by atoms with Crippen molar-refractivity contribution >= 4 is 28.6 Å². The second kappa shape index (κ2) is 13.8. The second-order valence-electron chi connectivity index (χ2n) is 9.83. The number of hydrogen-bond acceptors (Lipinski definition) is 7. The number of nitrogens with two attached hydrogens (primary N) is 1. The molecule has 4 rings (SSSR count). The van der Waals surface area contributed by atoms with Gasteiger partial charge in [0.15, 0.2) is 0 Å². The van der Waals surface area contributed by atoms with E-state index < -0.39 is 42.3 Å². The Kier molecular flexibility index (Phi) is 9.96. The number of amides is 3. The van der Waals surface area contributed by atoms with E-state index in [4.69, 9.17) is 10.6 Å². The number of aliphatic hydroxyl groups excluding tert-OH is 1. The Hall–Kier alpha value is -3.86. The van der Waals surface area contributed by atoms with Gasteiger partial charge in [-0.1, -0.05) is 67.4 Å². The number of carbonyl (C=O) groups is 3. The lowest BCUT2D eigenvalue weighted by Crippen LogP contribution is -2.55. The predicted molar refractivity (Wildman–Crippen MR) is 146 cm³/mol. The normalized spacial score (nSPS) is 15.9. The molecule has 1 aliphatic carbocycles. The monoisotopic (exact) mass is 533 g/mol. The van der Waals surface area contributed by atoms with Crippen LogP contribution in [0.5, 0.6) is 0 Å². The Labute approximate surface area is 227 Å². The van der Waals surface area contributed by atoms with Crippen LogP contribution in [0.2, 0.25) is 0 Å². The van der Waals surface area contributed by atoms with Gasteiger partial charge in [0.1, 0.15) is 11.7 Å². The van der Waals surface area contributed by atoms with Crippen LogP contribution in [-0.2, 0) is 20.8 Å². The van der Waals surface area contributed by atoms with Gasteiger partial charge in [0.25, 0.3) is 5.91 Å². The molecule has 0 spiro atoms. The van der Waals surface area contributed by atoms with Crippen LogP contribution >= 0.6 is 0 Å². The van der Waals surface area contributed by atoms with Crippen LogP contribution in [0, 0.1) is 0 Å². The van der Waals surface area contributed by atoms with Gasteiger partial charge >= 0.3 is 0 Å². The maximum absolute atomic E-state index is 13.3. The molecule has 0 saturated heterocycles. The van der Waals surface area contributed by atoms with E-state index in [2.05, 4.69) is 21.1 Å². The number of primary amides is 1. The van der Waals surface area contributed by atoms with E-state index in [0.29, 0.717) is 11.9 Å². The SMILES string of the molecule is NC(=O)C[C@H](NC(=O)c1ccc2ccccc2n1)C(=O)N[C@@H](Cc1ccccc1)C(O)CNOC1CCCC1. The van der Waals surface area contributed by atoms with Crippen molar-refractivity contribution in [3.05, 3.63) is 78.0 Å². The number of para-hydroxylation sites is 1. The minimum atomic E-state index is -1.25. The van der Waals surface area contributed by atoms with Crippen LogP contribution in [0.25, 0.3) is 10.9 Å². The molecule has 6 N–H and O–H groups in total. The average Bonchev–Trinajstić information content (AvgIpc) is 3.46. The molecular formula is C29H35N5O5. The number of rotatable bonds is 13. The van der Waals surface area contributed by atoms with Crippen LogP contribution in [-0.4, -0.2) is 58.6 Å². The van der Waals surface area contributed by atoms with Crippen molar-refractivity contribution in [3.8, 4) is 0 Å². The highest BCUT2D eigenvalue weighted by Crippen LogP contribution is 2.20. The third-order valence-corrected chi connectivity index (χ3v) is 6.79. The first kappa shape index (κ1) is 28.2. The van der Waals surface area contributed by atoms with Crippen molar-refractivity contribution in [2.75, 3.05) is 6.54 Å². The smallest absolute Gasteiger partial charge is 0.270 e. The van der Waals surface area contributed by atoms with E-state index >= 15 is 0 Å². The molecule has 10 nitrogen and oxygen atoms in total. The van der Waals surface area contributed by atoms with Crippen molar-refractivity contribution in [2.24, 2.45) is 5.73 Å². The standard InChI is InChI=1S/C29H35N5O5/c30-27(36)17-25(34-28(37)23-15-14-20-10-4-7-13-22(20)32-23)29(38)33-24(16-19-8-2-1-3-9-19)26(35)18-31-39-21-11-5-6-12-21/h1-4,7-10,13-15,21,24-26,31,35H,5-6,11-12,16-18H2,(H2,30,36)(H,33,38)(H,34,37)/t24-,25-,26?/m0/s1. The van der Waals surface area contributed by atoms with Crippen molar-refractivity contribution in [2.45, 2.75) is 62.8 Å². The molecule has 1 aliphatic rings. The van der Waals surface area contributed by atoms with Crippen LogP contribution in [0.4, 0.5) is 0 Å². The minimum absolute atomic E-state index is 0.0855. The summed E-state index contributed by atoms with van der Waals surface area (Å²) in [5.41, 5.74) is 9.86. The van der Waals surface area contributed by atoms with Gasteiger partial charge in [0, 0.05) is 11.9 Å². The highest BCUT2D eigenvalue weighted by Gasteiger charge is 2.29. The van der Waals surface area contributed by atoms with Gasteiger partial charge in [-0.05, 0) is 37.0 Å². The summed E-state index contributed by atoms with van der Waals surface area (Å²) in [7, 11) is 0. The van der Waals surface area contributed by atoms with E-state index in [1.54, 1.807) is 18.2 Å². The topological polar surface area (TPSA) is 156 Å². The summed E-state index contributed by atoms with van der Waals surface area (Å²) in [6.45, 7) is 0.0855. The average molecular weight is 534 g/mol. The van der Waals surface area contributed by atoms with E-state index in [-0.39, 0.29) is 18.3 Å². The Balaban J connectivity index is 1.44. The molecule has 10 heteroatoms. The molecule has 1 fully saturated rings. The largest absolute Gasteiger partial charge is 0.390 e. The van der Waals surface area contributed by atoms with Crippen LogP contribution in [0.3, 0.4) is 0 Å². The molecule has 0 bridgehead atoms. The van der Waals surface area contributed by atoms with E-state index in [9.17, 15) is 19.5 Å². The maximum atomic E-state index is 13.3. The third-order valence-electron chi connectivity index (χ3n) is 6.79. The van der Waals surface area contributed by atoms with Gasteiger partial charge in [0.2, 0.25) is 11.8 Å². The maximum Gasteiger partial charge on any atom is 0.270 e. The Morgan fingerprint density at radius 3 is 2.44 bits per heavy atom. The fourth-order valence-corrected chi connectivity index (χ4v) is 4.67. The number of hydrogen-bond donors (Lipinski definition) is 5. The summed E-state index contributed by atoms with van der Waals surface area (Å²) < 4.78 is 0. The zero-order chi connectivity index (χ0) is 27.6. The summed E-state index contributed by atoms with van der Waals surface area (Å²) in [4.78, 5) is 48.1. The zero-order valence-corrected chi connectivity index (χ0v) is 21.7. The predicted octanol–water partition coefficient (Wildman–Crippen LogP) is 1.76. The lowest BCUT2D eigenvalue weighted by atomic mass is 10.00. The number of pyridine rings is 1. The number of fused-ring (bicyclic) bond motifs is 1. The number of nitrogens with one attached hydrogen (secondary N) is 3. The molecule has 206 valence electrons. The van der Waals surface area contributed by atoms with Crippen molar-refractivity contribution in [1.29, 1.82) is 0 Å². The molecule has 1 saturated carbocycles. The molecule has 39 heavy (non-hydrogen) atoms. The summed E-state index contributed by atoms with van der Waals surface area (Å²) in [6.07, 6.45) is 3.17. The number of hydroxylamine groups is 1. The molecular weight excluding hydrogens is 498 g/mol. The number of aromatic nitrogens is 1. The molecule has 1 unspecified atom stereocenters. The van der Waals surface area contributed by atoms with Crippen molar-refractivity contribution < 1.29 is 24.3 Å². The first-order valence-corrected chi connectivity index (χ1v) is 13.2. The molecule has 0 radical (unpaired) electrons. The summed E-state index contributed by atoms with van der Waals surface area (Å²) in [6, 6.07) is 18.1. The van der Waals surface area contributed by atoms with Crippen molar-refractivity contribution in [3.63, 3.8) is 0 Å².